The van der Waals surface area contributed by atoms with E-state index in [-0.39, 0.29) is 5.78 Å². The number of para-hydroxylation sites is 1. The minimum atomic E-state index is -0.411. The highest BCUT2D eigenvalue weighted by Crippen LogP contribution is 2.31. The van der Waals surface area contributed by atoms with Crippen molar-refractivity contribution >= 4 is 17.2 Å². The maximum Gasteiger partial charge on any atom is 0.162 e. The average Bonchev–Trinajstić information content (AvgIpc) is 2.48. The number of rotatable bonds is 3. The zero-order valence-corrected chi connectivity index (χ0v) is 12.1. The highest BCUT2D eigenvalue weighted by molar-refractivity contribution is 6.00. The zero-order chi connectivity index (χ0) is 15.6. The van der Waals surface area contributed by atoms with Crippen LogP contribution in [0.3, 0.4) is 0 Å². The molecule has 2 aromatic carbocycles. The molecule has 0 amide bonds. The molecule has 2 aromatic rings. The SMILES string of the molecule is CC(=O)c1cc(F)c(C)cc1N(C)c1ccccc1C#N. The molecule has 0 radical (unpaired) electrons. The number of Topliss-reactive ketones (excluding diaryl/α,β-unsaturated/α-hetero) is 1. The van der Waals surface area contributed by atoms with Crippen LogP contribution in [-0.4, -0.2) is 12.8 Å². The summed E-state index contributed by atoms with van der Waals surface area (Å²) in [4.78, 5) is 13.5. The third-order valence-electron chi connectivity index (χ3n) is 3.40. The van der Waals surface area contributed by atoms with Gasteiger partial charge < -0.3 is 4.90 Å². The number of hydrogen-bond donors (Lipinski definition) is 0. The third-order valence-corrected chi connectivity index (χ3v) is 3.40. The number of carbonyl (C=O) groups is 1. The predicted octanol–water partition coefficient (Wildman–Crippen LogP) is 3.98. The molecule has 0 saturated carbocycles. The first-order chi connectivity index (χ1) is 9.95. The Kier molecular flexibility index (Phi) is 4.04. The molecule has 106 valence electrons. The number of anilines is 2. The maximum absolute atomic E-state index is 13.7. The molecule has 0 aliphatic heterocycles. The van der Waals surface area contributed by atoms with Crippen LogP contribution in [0.4, 0.5) is 15.8 Å². The summed E-state index contributed by atoms with van der Waals surface area (Å²) in [5.41, 5.74) is 2.51. The summed E-state index contributed by atoms with van der Waals surface area (Å²) in [7, 11) is 1.76. The van der Waals surface area contributed by atoms with E-state index in [0.29, 0.717) is 28.1 Å². The monoisotopic (exact) mass is 282 g/mol. The molecule has 0 spiro atoms. The van der Waals surface area contributed by atoms with Crippen LogP contribution in [0.2, 0.25) is 0 Å². The molecule has 2 rings (SSSR count). The van der Waals surface area contributed by atoms with Crippen LogP contribution in [-0.2, 0) is 0 Å². The molecule has 4 heteroatoms. The van der Waals surface area contributed by atoms with Gasteiger partial charge in [0.2, 0.25) is 0 Å². The summed E-state index contributed by atoms with van der Waals surface area (Å²) in [5, 5.41) is 9.19. The van der Waals surface area contributed by atoms with E-state index in [9.17, 15) is 14.4 Å². The van der Waals surface area contributed by atoms with Crippen molar-refractivity contribution in [2.24, 2.45) is 0 Å². The quantitative estimate of drug-likeness (QED) is 0.800. The van der Waals surface area contributed by atoms with Crippen LogP contribution in [0.15, 0.2) is 36.4 Å². The largest absolute Gasteiger partial charge is 0.343 e. The lowest BCUT2D eigenvalue weighted by Crippen LogP contribution is -2.15. The van der Waals surface area contributed by atoms with Gasteiger partial charge in [-0.3, -0.25) is 4.79 Å². The van der Waals surface area contributed by atoms with Gasteiger partial charge in [0.05, 0.1) is 16.9 Å². The Labute approximate surface area is 123 Å². The predicted molar refractivity (Wildman–Crippen MR) is 80.4 cm³/mol. The fourth-order valence-electron chi connectivity index (χ4n) is 2.22. The van der Waals surface area contributed by atoms with Crippen molar-refractivity contribution in [3.05, 3.63) is 58.9 Å². The number of carbonyl (C=O) groups excluding carboxylic acids is 1. The molecule has 0 N–H and O–H groups in total. The van der Waals surface area contributed by atoms with Gasteiger partial charge >= 0.3 is 0 Å². The second-order valence-corrected chi connectivity index (χ2v) is 4.86. The Morgan fingerprint density at radius 3 is 2.52 bits per heavy atom. The van der Waals surface area contributed by atoms with Crippen molar-refractivity contribution in [1.29, 1.82) is 5.26 Å². The Morgan fingerprint density at radius 2 is 1.90 bits per heavy atom. The van der Waals surface area contributed by atoms with Crippen LogP contribution in [0.25, 0.3) is 0 Å². The van der Waals surface area contributed by atoms with E-state index in [0.717, 1.165) is 0 Å². The van der Waals surface area contributed by atoms with Crippen molar-refractivity contribution in [3.63, 3.8) is 0 Å². The second kappa shape index (κ2) is 5.76. The molecule has 0 heterocycles. The van der Waals surface area contributed by atoms with Gasteiger partial charge in [0, 0.05) is 12.6 Å². The van der Waals surface area contributed by atoms with Gasteiger partial charge in [-0.1, -0.05) is 12.1 Å². The van der Waals surface area contributed by atoms with E-state index in [1.165, 1.54) is 13.0 Å². The van der Waals surface area contributed by atoms with Crippen LogP contribution in [0, 0.1) is 24.1 Å². The van der Waals surface area contributed by atoms with Crippen LogP contribution in [0.5, 0.6) is 0 Å². The van der Waals surface area contributed by atoms with Gasteiger partial charge in [0.15, 0.2) is 5.78 Å². The Balaban J connectivity index is 2.63. The molecule has 0 aliphatic rings. The van der Waals surface area contributed by atoms with Gasteiger partial charge in [0.25, 0.3) is 0 Å². The lowest BCUT2D eigenvalue weighted by Gasteiger charge is -2.23. The molecule has 0 saturated heterocycles. The van der Waals surface area contributed by atoms with Gasteiger partial charge in [-0.05, 0) is 43.7 Å². The molecule has 0 aromatic heterocycles. The molecular weight excluding hydrogens is 267 g/mol. The Morgan fingerprint density at radius 1 is 1.24 bits per heavy atom. The fourth-order valence-corrected chi connectivity index (χ4v) is 2.22. The summed E-state index contributed by atoms with van der Waals surface area (Å²) >= 11 is 0. The van der Waals surface area contributed by atoms with E-state index in [1.807, 2.05) is 6.07 Å². The van der Waals surface area contributed by atoms with Crippen molar-refractivity contribution in [2.75, 3.05) is 11.9 Å². The topological polar surface area (TPSA) is 44.1 Å². The lowest BCUT2D eigenvalue weighted by atomic mass is 10.0. The van der Waals surface area contributed by atoms with Gasteiger partial charge in [0.1, 0.15) is 11.9 Å². The summed E-state index contributed by atoms with van der Waals surface area (Å²) in [6.45, 7) is 3.05. The van der Waals surface area contributed by atoms with Gasteiger partial charge in [-0.2, -0.15) is 5.26 Å². The number of aryl methyl sites for hydroxylation is 1. The first kappa shape index (κ1) is 14.7. The molecular formula is C17H15FN2O. The minimum absolute atomic E-state index is 0.217. The summed E-state index contributed by atoms with van der Waals surface area (Å²) in [6, 6.07) is 12.1. The molecule has 21 heavy (non-hydrogen) atoms. The number of halogens is 1. The normalized spacial score (nSPS) is 10.0. The van der Waals surface area contributed by atoms with Crippen LogP contribution in [0.1, 0.15) is 28.4 Å². The molecule has 3 nitrogen and oxygen atoms in total. The zero-order valence-electron chi connectivity index (χ0n) is 12.1. The number of nitriles is 1. The fraction of sp³-hybridized carbons (Fsp3) is 0.176. The van der Waals surface area contributed by atoms with E-state index in [4.69, 9.17) is 0 Å². The summed E-state index contributed by atoms with van der Waals surface area (Å²) < 4.78 is 13.7. The van der Waals surface area contributed by atoms with Crippen molar-refractivity contribution in [1.82, 2.24) is 0 Å². The molecule has 0 fully saturated rings. The highest BCUT2D eigenvalue weighted by atomic mass is 19.1. The van der Waals surface area contributed by atoms with Crippen molar-refractivity contribution in [3.8, 4) is 6.07 Å². The smallest absolute Gasteiger partial charge is 0.162 e. The lowest BCUT2D eigenvalue weighted by molar-refractivity contribution is 0.101. The Hall–Kier alpha value is -2.67. The highest BCUT2D eigenvalue weighted by Gasteiger charge is 2.17. The molecule has 0 aliphatic carbocycles. The van der Waals surface area contributed by atoms with E-state index < -0.39 is 5.82 Å². The average molecular weight is 282 g/mol. The summed E-state index contributed by atoms with van der Waals surface area (Å²) in [5.74, 6) is -0.629. The van der Waals surface area contributed by atoms with Crippen LogP contribution >= 0.6 is 0 Å². The van der Waals surface area contributed by atoms with Crippen LogP contribution < -0.4 is 4.90 Å². The minimum Gasteiger partial charge on any atom is -0.343 e. The van der Waals surface area contributed by atoms with Crippen molar-refractivity contribution < 1.29 is 9.18 Å². The van der Waals surface area contributed by atoms with E-state index >= 15 is 0 Å². The second-order valence-electron chi connectivity index (χ2n) is 4.86. The van der Waals surface area contributed by atoms with E-state index in [1.54, 1.807) is 43.1 Å². The maximum atomic E-state index is 13.7. The molecule has 0 bridgehead atoms. The van der Waals surface area contributed by atoms with Gasteiger partial charge in [-0.25, -0.2) is 4.39 Å². The summed E-state index contributed by atoms with van der Waals surface area (Å²) in [6.07, 6.45) is 0. The van der Waals surface area contributed by atoms with Crippen molar-refractivity contribution in [2.45, 2.75) is 13.8 Å². The van der Waals surface area contributed by atoms with E-state index in [2.05, 4.69) is 6.07 Å². The first-order valence-electron chi connectivity index (χ1n) is 6.49. The third kappa shape index (κ3) is 2.77. The number of ketones is 1. The molecule has 0 unspecified atom stereocenters. The number of benzene rings is 2. The Bertz CT molecular complexity index is 747. The first-order valence-corrected chi connectivity index (χ1v) is 6.49. The molecule has 0 atom stereocenters. The standard InChI is InChI=1S/C17H15FN2O/c1-11-8-17(14(12(2)21)9-15(11)18)20(3)16-7-5-4-6-13(16)10-19/h4-9H,1-3H3. The number of hydrogen-bond acceptors (Lipinski definition) is 3. The van der Waals surface area contributed by atoms with Gasteiger partial charge in [-0.15, -0.1) is 0 Å². The number of nitrogens with zero attached hydrogens (tertiary/aromatic N) is 2.